The molecule has 1 saturated carbocycles. The Morgan fingerprint density at radius 1 is 1.29 bits per heavy atom. The molecule has 92 valence electrons. The molecule has 2 aliphatic rings. The van der Waals surface area contributed by atoms with Gasteiger partial charge in [0.1, 0.15) is 0 Å². The highest BCUT2D eigenvalue weighted by Crippen LogP contribution is 2.31. The van der Waals surface area contributed by atoms with Crippen LogP contribution in [0.2, 0.25) is 0 Å². The second-order valence-electron chi connectivity index (χ2n) is 5.18. The van der Waals surface area contributed by atoms with Gasteiger partial charge in [-0.2, -0.15) is 5.10 Å². The van der Waals surface area contributed by atoms with Crippen molar-refractivity contribution in [2.75, 3.05) is 6.54 Å². The first kappa shape index (κ1) is 10.8. The number of likely N-dealkylation sites (tertiary alicyclic amines) is 1. The van der Waals surface area contributed by atoms with E-state index in [-0.39, 0.29) is 0 Å². The number of carbonyl (C=O) groups is 1. The predicted octanol–water partition coefficient (Wildman–Crippen LogP) is 1.67. The number of hydrogen-bond acceptors (Lipinski definition) is 2. The summed E-state index contributed by atoms with van der Waals surface area (Å²) in [4.78, 5) is 14.4. The van der Waals surface area contributed by atoms with Crippen molar-refractivity contribution in [3.63, 3.8) is 0 Å². The van der Waals surface area contributed by atoms with Crippen LogP contribution in [-0.2, 0) is 11.3 Å². The molecule has 2 heterocycles. The van der Waals surface area contributed by atoms with Crippen molar-refractivity contribution in [1.82, 2.24) is 14.7 Å². The molecule has 1 unspecified atom stereocenters. The molecule has 0 radical (unpaired) electrons. The molecular formula is C13H19N3O. The Morgan fingerprint density at radius 3 is 2.82 bits per heavy atom. The van der Waals surface area contributed by atoms with Crippen molar-refractivity contribution < 1.29 is 4.79 Å². The molecule has 4 heteroatoms. The van der Waals surface area contributed by atoms with Crippen LogP contribution in [-0.4, -0.2) is 33.2 Å². The lowest BCUT2D eigenvalue weighted by Crippen LogP contribution is -2.43. The van der Waals surface area contributed by atoms with Crippen molar-refractivity contribution in [2.45, 2.75) is 44.7 Å². The van der Waals surface area contributed by atoms with Gasteiger partial charge in [0.25, 0.3) is 0 Å². The zero-order chi connectivity index (χ0) is 11.7. The third kappa shape index (κ3) is 2.08. The van der Waals surface area contributed by atoms with E-state index in [1.807, 2.05) is 16.9 Å². The lowest BCUT2D eigenvalue weighted by molar-refractivity contribution is -0.139. The van der Waals surface area contributed by atoms with Gasteiger partial charge in [-0.15, -0.1) is 0 Å². The smallest absolute Gasteiger partial charge is 0.225 e. The first-order valence-corrected chi connectivity index (χ1v) is 6.62. The van der Waals surface area contributed by atoms with E-state index in [2.05, 4.69) is 10.00 Å². The van der Waals surface area contributed by atoms with Crippen LogP contribution in [0.25, 0.3) is 0 Å². The summed E-state index contributed by atoms with van der Waals surface area (Å²) in [6, 6.07) is 2.30. The maximum Gasteiger partial charge on any atom is 0.225 e. The molecule has 0 N–H and O–H groups in total. The average Bonchev–Trinajstić information content (AvgIpc) is 2.86. The summed E-state index contributed by atoms with van der Waals surface area (Å²) in [5.41, 5.74) is 0. The van der Waals surface area contributed by atoms with Crippen molar-refractivity contribution in [2.24, 2.45) is 5.92 Å². The molecule has 4 nitrogen and oxygen atoms in total. The van der Waals surface area contributed by atoms with Crippen molar-refractivity contribution in [3.8, 4) is 0 Å². The lowest BCUT2D eigenvalue weighted by Gasteiger charge is -2.32. The standard InChI is InChI=1S/C13H19N3O/c17-13(11-4-1-5-11)16-9-2-6-12(16)10-15-8-3-7-14-15/h3,7-8,11-12H,1-2,4-6,9-10H2. The van der Waals surface area contributed by atoms with E-state index in [0.29, 0.717) is 17.9 Å². The van der Waals surface area contributed by atoms with E-state index >= 15 is 0 Å². The van der Waals surface area contributed by atoms with Crippen molar-refractivity contribution in [1.29, 1.82) is 0 Å². The van der Waals surface area contributed by atoms with Crippen LogP contribution < -0.4 is 0 Å². The SMILES string of the molecule is O=C(C1CCC1)N1CCCC1Cn1cccn1. The molecule has 1 atom stereocenters. The summed E-state index contributed by atoms with van der Waals surface area (Å²) in [6.45, 7) is 1.80. The van der Waals surface area contributed by atoms with Crippen LogP contribution in [0.1, 0.15) is 32.1 Å². The minimum atomic E-state index is 0.327. The number of carbonyl (C=O) groups excluding carboxylic acids is 1. The molecule has 3 rings (SSSR count). The fourth-order valence-electron chi connectivity index (χ4n) is 2.83. The third-order valence-electron chi connectivity index (χ3n) is 4.07. The molecule has 1 amide bonds. The molecule has 2 fully saturated rings. The number of rotatable bonds is 3. The largest absolute Gasteiger partial charge is 0.338 e. The van der Waals surface area contributed by atoms with Gasteiger partial charge in [0.15, 0.2) is 0 Å². The zero-order valence-electron chi connectivity index (χ0n) is 10.1. The molecular weight excluding hydrogens is 214 g/mol. The van der Waals surface area contributed by atoms with E-state index in [0.717, 1.165) is 38.8 Å². The van der Waals surface area contributed by atoms with E-state index in [4.69, 9.17) is 0 Å². The first-order chi connectivity index (χ1) is 8.34. The molecule has 1 aromatic heterocycles. The van der Waals surface area contributed by atoms with Crippen LogP contribution in [0.5, 0.6) is 0 Å². The fraction of sp³-hybridized carbons (Fsp3) is 0.692. The Bertz CT molecular complexity index is 383. The van der Waals surface area contributed by atoms with Gasteiger partial charge in [0.2, 0.25) is 5.91 Å². The predicted molar refractivity (Wildman–Crippen MR) is 64.3 cm³/mol. The topological polar surface area (TPSA) is 38.1 Å². The maximum absolute atomic E-state index is 12.3. The quantitative estimate of drug-likeness (QED) is 0.796. The zero-order valence-corrected chi connectivity index (χ0v) is 10.1. The summed E-state index contributed by atoms with van der Waals surface area (Å²) in [5.74, 6) is 0.721. The molecule has 17 heavy (non-hydrogen) atoms. The van der Waals surface area contributed by atoms with Gasteiger partial charge in [0, 0.05) is 24.9 Å². The normalized spacial score (nSPS) is 24.9. The van der Waals surface area contributed by atoms with Crippen LogP contribution >= 0.6 is 0 Å². The second kappa shape index (κ2) is 4.51. The van der Waals surface area contributed by atoms with Crippen LogP contribution in [0.15, 0.2) is 18.5 Å². The van der Waals surface area contributed by atoms with Gasteiger partial charge in [0.05, 0.1) is 12.6 Å². The van der Waals surface area contributed by atoms with E-state index < -0.39 is 0 Å². The van der Waals surface area contributed by atoms with Gasteiger partial charge < -0.3 is 4.90 Å². The summed E-state index contributed by atoms with van der Waals surface area (Å²) in [5, 5.41) is 4.23. The Hall–Kier alpha value is -1.32. The molecule has 1 aliphatic carbocycles. The monoisotopic (exact) mass is 233 g/mol. The third-order valence-corrected chi connectivity index (χ3v) is 4.07. The van der Waals surface area contributed by atoms with Crippen LogP contribution in [0.3, 0.4) is 0 Å². The maximum atomic E-state index is 12.3. The minimum Gasteiger partial charge on any atom is -0.338 e. The number of nitrogens with zero attached hydrogens (tertiary/aromatic N) is 3. The van der Waals surface area contributed by atoms with Crippen molar-refractivity contribution >= 4 is 5.91 Å². The highest BCUT2D eigenvalue weighted by molar-refractivity contribution is 5.80. The summed E-state index contributed by atoms with van der Waals surface area (Å²) in [7, 11) is 0. The van der Waals surface area contributed by atoms with Gasteiger partial charge in [-0.3, -0.25) is 9.48 Å². The first-order valence-electron chi connectivity index (χ1n) is 6.62. The molecule has 0 bridgehead atoms. The van der Waals surface area contributed by atoms with E-state index in [1.54, 1.807) is 6.20 Å². The molecule has 1 aromatic rings. The van der Waals surface area contributed by atoms with E-state index in [1.165, 1.54) is 6.42 Å². The van der Waals surface area contributed by atoms with Gasteiger partial charge in [-0.25, -0.2) is 0 Å². The number of hydrogen-bond donors (Lipinski definition) is 0. The second-order valence-corrected chi connectivity index (χ2v) is 5.18. The number of aromatic nitrogens is 2. The summed E-state index contributed by atoms with van der Waals surface area (Å²) in [6.07, 6.45) is 9.47. The van der Waals surface area contributed by atoms with E-state index in [9.17, 15) is 4.79 Å². The Kier molecular flexibility index (Phi) is 2.87. The summed E-state index contributed by atoms with van der Waals surface area (Å²) >= 11 is 0. The van der Waals surface area contributed by atoms with Crippen LogP contribution in [0, 0.1) is 5.92 Å². The Labute approximate surface area is 102 Å². The average molecular weight is 233 g/mol. The Balaban J connectivity index is 1.64. The van der Waals surface area contributed by atoms with Gasteiger partial charge in [-0.05, 0) is 31.7 Å². The van der Waals surface area contributed by atoms with Gasteiger partial charge >= 0.3 is 0 Å². The summed E-state index contributed by atoms with van der Waals surface area (Å²) < 4.78 is 1.94. The van der Waals surface area contributed by atoms with Crippen LogP contribution in [0.4, 0.5) is 0 Å². The molecule has 0 aromatic carbocycles. The molecule has 1 aliphatic heterocycles. The van der Waals surface area contributed by atoms with Crippen molar-refractivity contribution in [3.05, 3.63) is 18.5 Å². The fourth-order valence-corrected chi connectivity index (χ4v) is 2.83. The molecule has 1 saturated heterocycles. The Morgan fingerprint density at radius 2 is 2.18 bits per heavy atom. The highest BCUT2D eigenvalue weighted by Gasteiger charge is 2.35. The minimum absolute atomic E-state index is 0.327. The highest BCUT2D eigenvalue weighted by atomic mass is 16.2. The lowest BCUT2D eigenvalue weighted by atomic mass is 9.84. The number of amides is 1. The molecule has 0 spiro atoms. The van der Waals surface area contributed by atoms with Gasteiger partial charge in [-0.1, -0.05) is 6.42 Å².